The Bertz CT molecular complexity index is 698. The lowest BCUT2D eigenvalue weighted by atomic mass is 10.3. The highest BCUT2D eigenvalue weighted by Gasteiger charge is 2.08. The van der Waals surface area contributed by atoms with E-state index in [9.17, 15) is 0 Å². The second-order valence-corrected chi connectivity index (χ2v) is 6.94. The molecule has 1 aromatic carbocycles. The summed E-state index contributed by atoms with van der Waals surface area (Å²) in [6.07, 6.45) is -0.000620. The number of nitrogens with one attached hydrogen (secondary N) is 2. The number of aryl methyl sites for hydroxylation is 2. The van der Waals surface area contributed by atoms with Crippen molar-refractivity contribution in [1.82, 2.24) is 15.6 Å². The zero-order valence-corrected chi connectivity index (χ0v) is 16.2. The van der Waals surface area contributed by atoms with E-state index in [1.807, 2.05) is 45.0 Å². The van der Waals surface area contributed by atoms with Crippen LogP contribution in [0.1, 0.15) is 22.5 Å². The van der Waals surface area contributed by atoms with Crippen LogP contribution < -0.4 is 20.1 Å². The summed E-state index contributed by atoms with van der Waals surface area (Å²) < 4.78 is 11.0. The van der Waals surface area contributed by atoms with E-state index in [0.717, 1.165) is 28.2 Å². The van der Waals surface area contributed by atoms with Crippen molar-refractivity contribution in [2.45, 2.75) is 33.4 Å². The zero-order valence-electron chi connectivity index (χ0n) is 15.4. The fourth-order valence-corrected chi connectivity index (χ4v) is 3.17. The van der Waals surface area contributed by atoms with E-state index in [2.05, 4.69) is 20.6 Å². The van der Waals surface area contributed by atoms with Gasteiger partial charge in [-0.15, -0.1) is 11.3 Å². The highest BCUT2D eigenvalue weighted by molar-refractivity contribution is 7.11. The minimum Gasteiger partial charge on any atom is -0.497 e. The van der Waals surface area contributed by atoms with Crippen molar-refractivity contribution in [2.75, 3.05) is 20.7 Å². The third kappa shape index (κ3) is 5.94. The molecule has 1 atom stereocenters. The summed E-state index contributed by atoms with van der Waals surface area (Å²) in [5.41, 5.74) is 1.07. The minimum atomic E-state index is -0.000620. The molecule has 0 aliphatic carbocycles. The Hall–Kier alpha value is -2.28. The smallest absolute Gasteiger partial charge is 0.191 e. The summed E-state index contributed by atoms with van der Waals surface area (Å²) in [4.78, 5) is 9.91. The van der Waals surface area contributed by atoms with Gasteiger partial charge in [-0.3, -0.25) is 4.99 Å². The van der Waals surface area contributed by atoms with Gasteiger partial charge in [0.25, 0.3) is 0 Å². The van der Waals surface area contributed by atoms with Crippen LogP contribution in [0, 0.1) is 13.8 Å². The first-order valence-corrected chi connectivity index (χ1v) is 9.01. The third-order valence-corrected chi connectivity index (χ3v) is 4.67. The molecule has 25 heavy (non-hydrogen) atoms. The van der Waals surface area contributed by atoms with Crippen LogP contribution in [0.2, 0.25) is 0 Å². The molecule has 0 fully saturated rings. The first-order chi connectivity index (χ1) is 12.0. The highest BCUT2D eigenvalue weighted by atomic mass is 32.1. The predicted molar refractivity (Wildman–Crippen MR) is 103 cm³/mol. The van der Waals surface area contributed by atoms with E-state index in [0.29, 0.717) is 13.1 Å². The molecule has 136 valence electrons. The summed E-state index contributed by atoms with van der Waals surface area (Å²) in [7, 11) is 3.41. The lowest BCUT2D eigenvalue weighted by Crippen LogP contribution is -2.41. The van der Waals surface area contributed by atoms with E-state index in [1.165, 1.54) is 4.88 Å². The molecule has 0 aliphatic rings. The first kappa shape index (κ1) is 19.1. The molecule has 0 aliphatic heterocycles. The molecule has 6 nitrogen and oxygen atoms in total. The molecular formula is C18H26N4O2S. The standard InChI is InChI=1S/C18H26N4O2S/c1-12(24-16-8-6-15(23-5)7-9-16)10-20-18(19-4)21-11-17-13(2)22-14(3)25-17/h6-9,12H,10-11H2,1-5H3,(H2,19,20,21). The Balaban J connectivity index is 1.78. The second-order valence-electron chi connectivity index (χ2n) is 5.65. The lowest BCUT2D eigenvalue weighted by Gasteiger charge is -2.17. The maximum atomic E-state index is 5.89. The Morgan fingerprint density at radius 2 is 1.88 bits per heavy atom. The van der Waals surface area contributed by atoms with Gasteiger partial charge in [-0.25, -0.2) is 4.98 Å². The van der Waals surface area contributed by atoms with Crippen LogP contribution in [-0.4, -0.2) is 37.7 Å². The molecule has 2 N–H and O–H groups in total. The summed E-state index contributed by atoms with van der Waals surface area (Å²) in [6, 6.07) is 7.57. The van der Waals surface area contributed by atoms with Crippen LogP contribution in [0.4, 0.5) is 0 Å². The van der Waals surface area contributed by atoms with Crippen molar-refractivity contribution in [3.05, 3.63) is 39.8 Å². The Morgan fingerprint density at radius 1 is 1.20 bits per heavy atom. The number of rotatable bonds is 7. The number of guanidine groups is 1. The normalized spacial score (nSPS) is 12.6. The van der Waals surface area contributed by atoms with Gasteiger partial charge >= 0.3 is 0 Å². The fraction of sp³-hybridized carbons (Fsp3) is 0.444. The van der Waals surface area contributed by atoms with Crippen LogP contribution in [-0.2, 0) is 6.54 Å². The van der Waals surface area contributed by atoms with Crippen molar-refractivity contribution in [2.24, 2.45) is 4.99 Å². The molecule has 0 saturated heterocycles. The van der Waals surface area contributed by atoms with Crippen molar-refractivity contribution in [3.63, 3.8) is 0 Å². The average Bonchev–Trinajstić information content (AvgIpc) is 2.93. The summed E-state index contributed by atoms with van der Waals surface area (Å²) in [6.45, 7) is 7.42. The molecule has 0 bridgehead atoms. The van der Waals surface area contributed by atoms with E-state index >= 15 is 0 Å². The quantitative estimate of drug-likeness (QED) is 0.586. The largest absolute Gasteiger partial charge is 0.497 e. The monoisotopic (exact) mass is 362 g/mol. The number of nitrogens with zero attached hydrogens (tertiary/aromatic N) is 2. The van der Waals surface area contributed by atoms with Gasteiger partial charge < -0.3 is 20.1 Å². The summed E-state index contributed by atoms with van der Waals surface area (Å²) >= 11 is 1.70. The topological polar surface area (TPSA) is 67.8 Å². The van der Waals surface area contributed by atoms with Crippen LogP contribution in [0.15, 0.2) is 29.3 Å². The minimum absolute atomic E-state index is 0.000620. The molecule has 0 radical (unpaired) electrons. The van der Waals surface area contributed by atoms with Gasteiger partial charge in [0.2, 0.25) is 0 Å². The molecule has 7 heteroatoms. The van der Waals surface area contributed by atoms with Gasteiger partial charge in [0.05, 0.1) is 30.9 Å². The molecule has 1 aromatic heterocycles. The zero-order chi connectivity index (χ0) is 18.2. The number of aliphatic imine (C=N–C) groups is 1. The molecular weight excluding hydrogens is 336 g/mol. The summed E-state index contributed by atoms with van der Waals surface area (Å²) in [5, 5.41) is 7.68. The molecule has 0 saturated carbocycles. The van der Waals surface area contributed by atoms with Crippen LogP contribution >= 0.6 is 11.3 Å². The van der Waals surface area contributed by atoms with E-state index in [1.54, 1.807) is 25.5 Å². The molecule has 2 rings (SSSR count). The van der Waals surface area contributed by atoms with Gasteiger partial charge in [0.1, 0.15) is 17.6 Å². The third-order valence-electron chi connectivity index (χ3n) is 3.59. The molecule has 2 aromatic rings. The van der Waals surface area contributed by atoms with Crippen molar-refractivity contribution in [3.8, 4) is 11.5 Å². The van der Waals surface area contributed by atoms with Crippen LogP contribution in [0.5, 0.6) is 11.5 Å². The second kappa shape index (κ2) is 9.27. The number of hydrogen-bond donors (Lipinski definition) is 2. The Labute approximate surface area is 153 Å². The number of benzene rings is 1. The fourth-order valence-electron chi connectivity index (χ4n) is 2.29. The van der Waals surface area contributed by atoms with Gasteiger partial charge in [-0.2, -0.15) is 0 Å². The molecule has 0 spiro atoms. The van der Waals surface area contributed by atoms with Gasteiger partial charge in [-0.05, 0) is 45.0 Å². The molecule has 1 heterocycles. The van der Waals surface area contributed by atoms with E-state index < -0.39 is 0 Å². The number of ether oxygens (including phenoxy) is 2. The highest BCUT2D eigenvalue weighted by Crippen LogP contribution is 2.18. The number of aromatic nitrogens is 1. The van der Waals surface area contributed by atoms with Gasteiger partial charge in [0.15, 0.2) is 5.96 Å². The molecule has 0 amide bonds. The van der Waals surface area contributed by atoms with E-state index in [-0.39, 0.29) is 6.10 Å². The van der Waals surface area contributed by atoms with Gasteiger partial charge in [0, 0.05) is 11.9 Å². The van der Waals surface area contributed by atoms with Crippen LogP contribution in [0.3, 0.4) is 0 Å². The van der Waals surface area contributed by atoms with Crippen LogP contribution in [0.25, 0.3) is 0 Å². The van der Waals surface area contributed by atoms with Gasteiger partial charge in [-0.1, -0.05) is 0 Å². The number of hydrogen-bond acceptors (Lipinski definition) is 5. The first-order valence-electron chi connectivity index (χ1n) is 8.20. The number of thiazole rings is 1. The maximum Gasteiger partial charge on any atom is 0.191 e. The predicted octanol–water partition coefficient (Wildman–Crippen LogP) is 2.90. The Morgan fingerprint density at radius 3 is 2.44 bits per heavy atom. The summed E-state index contributed by atoms with van der Waals surface area (Å²) in [5.74, 6) is 2.38. The Kier molecular flexibility index (Phi) is 7.06. The van der Waals surface area contributed by atoms with Crippen molar-refractivity contribution >= 4 is 17.3 Å². The SMILES string of the molecule is CN=C(NCc1sc(C)nc1C)NCC(C)Oc1ccc(OC)cc1. The maximum absolute atomic E-state index is 5.89. The van der Waals surface area contributed by atoms with Crippen molar-refractivity contribution in [1.29, 1.82) is 0 Å². The average molecular weight is 362 g/mol. The van der Waals surface area contributed by atoms with Crippen molar-refractivity contribution < 1.29 is 9.47 Å². The van der Waals surface area contributed by atoms with E-state index in [4.69, 9.17) is 9.47 Å². The lowest BCUT2D eigenvalue weighted by molar-refractivity contribution is 0.223. The molecule has 1 unspecified atom stereocenters. The number of methoxy groups -OCH3 is 1.